The standard InChI is InChI=1S/C24H25N3O3/c1-3-4-14-27-23(29)21(18-9-11-19(12-10-18)25-16(2)28)22(24(27)30)26-15-13-17-7-5-6-8-20(17)26/h5-12H,3-4,13-15H2,1-2H3,(H,25,28). The van der Waals surface area contributed by atoms with Gasteiger partial charge in [-0.15, -0.1) is 0 Å². The molecule has 0 saturated carbocycles. The van der Waals surface area contributed by atoms with Crippen molar-refractivity contribution in [2.45, 2.75) is 33.1 Å². The maximum atomic E-state index is 13.4. The summed E-state index contributed by atoms with van der Waals surface area (Å²) in [5.41, 5.74) is 4.38. The fraction of sp³-hybridized carbons (Fsp3) is 0.292. The number of nitrogens with zero attached hydrogens (tertiary/aromatic N) is 2. The van der Waals surface area contributed by atoms with Crippen molar-refractivity contribution in [2.75, 3.05) is 23.3 Å². The molecule has 0 spiro atoms. The van der Waals surface area contributed by atoms with Crippen LogP contribution in [0.25, 0.3) is 5.57 Å². The number of hydrogen-bond donors (Lipinski definition) is 1. The zero-order chi connectivity index (χ0) is 21.3. The van der Waals surface area contributed by atoms with Crippen LogP contribution in [0.1, 0.15) is 37.8 Å². The van der Waals surface area contributed by atoms with Gasteiger partial charge in [0.25, 0.3) is 11.8 Å². The van der Waals surface area contributed by atoms with E-state index in [-0.39, 0.29) is 17.7 Å². The Labute approximate surface area is 176 Å². The van der Waals surface area contributed by atoms with Gasteiger partial charge in [0.2, 0.25) is 5.91 Å². The van der Waals surface area contributed by atoms with Gasteiger partial charge in [0.15, 0.2) is 0 Å². The Kier molecular flexibility index (Phi) is 5.40. The molecule has 0 fully saturated rings. The maximum Gasteiger partial charge on any atom is 0.278 e. The van der Waals surface area contributed by atoms with Crippen molar-refractivity contribution in [2.24, 2.45) is 0 Å². The molecule has 0 bridgehead atoms. The Morgan fingerprint density at radius 1 is 1.03 bits per heavy atom. The van der Waals surface area contributed by atoms with Crippen LogP contribution in [0, 0.1) is 0 Å². The van der Waals surface area contributed by atoms with E-state index in [1.807, 2.05) is 30.0 Å². The molecule has 2 aliphatic rings. The smallest absolute Gasteiger partial charge is 0.278 e. The second-order valence-corrected chi connectivity index (χ2v) is 7.63. The first-order valence-corrected chi connectivity index (χ1v) is 10.3. The molecule has 2 heterocycles. The summed E-state index contributed by atoms with van der Waals surface area (Å²) in [6.07, 6.45) is 2.51. The third-order valence-corrected chi connectivity index (χ3v) is 5.53. The highest BCUT2D eigenvalue weighted by atomic mass is 16.2. The van der Waals surface area contributed by atoms with E-state index < -0.39 is 0 Å². The zero-order valence-corrected chi connectivity index (χ0v) is 17.3. The monoisotopic (exact) mass is 403 g/mol. The Hall–Kier alpha value is -3.41. The lowest BCUT2D eigenvalue weighted by molar-refractivity contribution is -0.137. The summed E-state index contributed by atoms with van der Waals surface area (Å²) < 4.78 is 0. The van der Waals surface area contributed by atoms with Crippen LogP contribution < -0.4 is 10.2 Å². The topological polar surface area (TPSA) is 69.7 Å². The van der Waals surface area contributed by atoms with Gasteiger partial charge >= 0.3 is 0 Å². The van der Waals surface area contributed by atoms with Crippen molar-refractivity contribution in [3.05, 3.63) is 65.4 Å². The fourth-order valence-corrected chi connectivity index (χ4v) is 4.09. The average Bonchev–Trinajstić information content (AvgIpc) is 3.25. The van der Waals surface area contributed by atoms with E-state index in [0.717, 1.165) is 24.9 Å². The summed E-state index contributed by atoms with van der Waals surface area (Å²) in [6, 6.07) is 15.1. The quantitative estimate of drug-likeness (QED) is 0.749. The second kappa shape index (κ2) is 8.14. The molecular formula is C24H25N3O3. The number of carbonyl (C=O) groups is 3. The third kappa shape index (κ3) is 3.49. The van der Waals surface area contributed by atoms with E-state index in [2.05, 4.69) is 11.4 Å². The number of imide groups is 1. The highest BCUT2D eigenvalue weighted by Crippen LogP contribution is 2.38. The molecule has 0 aliphatic carbocycles. The number of amides is 3. The van der Waals surface area contributed by atoms with Crippen LogP contribution in [0.4, 0.5) is 11.4 Å². The predicted octanol–water partition coefficient (Wildman–Crippen LogP) is 3.59. The van der Waals surface area contributed by atoms with Gasteiger partial charge < -0.3 is 10.2 Å². The Bertz CT molecular complexity index is 1040. The molecule has 0 aromatic heterocycles. The minimum atomic E-state index is -0.250. The van der Waals surface area contributed by atoms with Gasteiger partial charge in [-0.3, -0.25) is 19.3 Å². The van der Waals surface area contributed by atoms with Gasteiger partial charge in [0, 0.05) is 31.4 Å². The molecular weight excluding hydrogens is 378 g/mol. The van der Waals surface area contributed by atoms with Gasteiger partial charge in [-0.2, -0.15) is 0 Å². The van der Waals surface area contributed by atoms with E-state index >= 15 is 0 Å². The molecule has 3 amide bonds. The normalized spacial score (nSPS) is 15.8. The summed E-state index contributed by atoms with van der Waals surface area (Å²) in [5, 5.41) is 2.73. The van der Waals surface area contributed by atoms with Gasteiger partial charge in [0.1, 0.15) is 5.70 Å². The second-order valence-electron chi connectivity index (χ2n) is 7.63. The maximum absolute atomic E-state index is 13.4. The average molecular weight is 403 g/mol. The lowest BCUT2D eigenvalue weighted by Gasteiger charge is -2.21. The van der Waals surface area contributed by atoms with E-state index in [4.69, 9.17) is 0 Å². The minimum Gasteiger partial charge on any atom is -0.336 e. The van der Waals surface area contributed by atoms with Crippen molar-refractivity contribution in [3.63, 3.8) is 0 Å². The SMILES string of the molecule is CCCCN1C(=O)C(c2ccc(NC(C)=O)cc2)=C(N2CCc3ccccc32)C1=O. The van der Waals surface area contributed by atoms with Crippen LogP contribution in [-0.4, -0.2) is 35.7 Å². The summed E-state index contributed by atoms with van der Waals surface area (Å²) >= 11 is 0. The Balaban J connectivity index is 1.78. The highest BCUT2D eigenvalue weighted by molar-refractivity contribution is 6.36. The van der Waals surface area contributed by atoms with Crippen LogP contribution in [0.5, 0.6) is 0 Å². The number of anilines is 2. The minimum absolute atomic E-state index is 0.158. The van der Waals surface area contributed by atoms with Crippen LogP contribution >= 0.6 is 0 Å². The van der Waals surface area contributed by atoms with Crippen molar-refractivity contribution in [1.82, 2.24) is 4.90 Å². The highest BCUT2D eigenvalue weighted by Gasteiger charge is 2.42. The van der Waals surface area contributed by atoms with E-state index in [1.54, 1.807) is 24.3 Å². The first-order valence-electron chi connectivity index (χ1n) is 10.3. The van der Waals surface area contributed by atoms with Crippen molar-refractivity contribution in [3.8, 4) is 0 Å². The number of carbonyl (C=O) groups excluding carboxylic acids is 3. The van der Waals surface area contributed by atoms with Gasteiger partial charge in [-0.1, -0.05) is 43.7 Å². The van der Waals surface area contributed by atoms with E-state index in [1.165, 1.54) is 17.4 Å². The summed E-state index contributed by atoms with van der Waals surface area (Å²) in [5.74, 6) is -0.639. The number of benzene rings is 2. The van der Waals surface area contributed by atoms with Gasteiger partial charge in [0.05, 0.1) is 5.57 Å². The molecule has 2 aromatic rings. The summed E-state index contributed by atoms with van der Waals surface area (Å²) in [6.45, 7) is 4.57. The zero-order valence-electron chi connectivity index (χ0n) is 17.3. The third-order valence-electron chi connectivity index (χ3n) is 5.53. The molecule has 0 atom stereocenters. The Morgan fingerprint density at radius 3 is 2.47 bits per heavy atom. The summed E-state index contributed by atoms with van der Waals surface area (Å²) in [4.78, 5) is 41.3. The molecule has 0 radical (unpaired) electrons. The van der Waals surface area contributed by atoms with E-state index in [9.17, 15) is 14.4 Å². The molecule has 30 heavy (non-hydrogen) atoms. The lowest BCUT2D eigenvalue weighted by atomic mass is 10.0. The molecule has 2 aliphatic heterocycles. The molecule has 0 unspecified atom stereocenters. The molecule has 4 rings (SSSR count). The number of para-hydroxylation sites is 1. The largest absolute Gasteiger partial charge is 0.336 e. The van der Waals surface area contributed by atoms with Gasteiger partial charge in [-0.05, 0) is 42.2 Å². The number of unbranched alkanes of at least 4 members (excludes halogenated alkanes) is 1. The first kappa shape index (κ1) is 19.9. The van der Waals surface area contributed by atoms with Gasteiger partial charge in [-0.25, -0.2) is 0 Å². The number of rotatable bonds is 6. The molecule has 154 valence electrons. The van der Waals surface area contributed by atoms with Crippen molar-refractivity contribution < 1.29 is 14.4 Å². The first-order chi connectivity index (χ1) is 14.5. The fourth-order valence-electron chi connectivity index (χ4n) is 4.09. The summed E-state index contributed by atoms with van der Waals surface area (Å²) in [7, 11) is 0. The van der Waals surface area contributed by atoms with E-state index in [0.29, 0.717) is 35.6 Å². The number of fused-ring (bicyclic) bond motifs is 1. The molecule has 2 aromatic carbocycles. The number of hydrogen-bond acceptors (Lipinski definition) is 4. The Morgan fingerprint density at radius 2 is 1.77 bits per heavy atom. The molecule has 6 nitrogen and oxygen atoms in total. The van der Waals surface area contributed by atoms with Crippen LogP contribution in [-0.2, 0) is 20.8 Å². The molecule has 1 N–H and O–H groups in total. The lowest BCUT2D eigenvalue weighted by Crippen LogP contribution is -2.35. The molecule has 6 heteroatoms. The predicted molar refractivity (Wildman–Crippen MR) is 117 cm³/mol. The van der Waals surface area contributed by atoms with Crippen LogP contribution in [0.3, 0.4) is 0 Å². The van der Waals surface area contributed by atoms with Crippen molar-refractivity contribution in [1.29, 1.82) is 0 Å². The molecule has 0 saturated heterocycles. The van der Waals surface area contributed by atoms with Crippen molar-refractivity contribution >= 4 is 34.7 Å². The number of nitrogens with one attached hydrogen (secondary N) is 1. The van der Waals surface area contributed by atoms with Crippen LogP contribution in [0.15, 0.2) is 54.2 Å². The van der Waals surface area contributed by atoms with Crippen LogP contribution in [0.2, 0.25) is 0 Å².